The van der Waals surface area contributed by atoms with Crippen LogP contribution in [0, 0.1) is 6.33 Å². The van der Waals surface area contributed by atoms with Crippen molar-refractivity contribution in [3.8, 4) is 62.1 Å². The normalized spacial score (nSPS) is 11.6. The van der Waals surface area contributed by atoms with Gasteiger partial charge in [0.25, 0.3) is 6.33 Å². The fraction of sp³-hybridized carbons (Fsp3) is 0.0667. The second kappa shape index (κ2) is 16.8. The number of para-hydroxylation sites is 1. The minimum absolute atomic E-state index is 0.0583. The fourth-order valence-corrected chi connectivity index (χ4v) is 9.24. The number of hydrogen-bond acceptors (Lipinski definition) is 2. The van der Waals surface area contributed by atoms with Crippen molar-refractivity contribution < 1.29 is 9.30 Å². The van der Waals surface area contributed by atoms with Crippen LogP contribution in [0.1, 0.15) is 25.0 Å². The first-order chi connectivity index (χ1) is 31.9. The molecule has 11 aromatic rings. The van der Waals surface area contributed by atoms with Gasteiger partial charge in [-0.25, -0.2) is 4.98 Å². The highest BCUT2D eigenvalue weighted by Crippen LogP contribution is 2.38. The molecule has 8 aromatic carbocycles. The average molecular weight is 839 g/mol. The molecule has 5 nitrogen and oxygen atoms in total. The van der Waals surface area contributed by atoms with Crippen LogP contribution in [-0.2, 0) is 11.8 Å². The molecule has 3 heterocycles. The van der Waals surface area contributed by atoms with Gasteiger partial charge in [-0.2, -0.15) is 0 Å². The van der Waals surface area contributed by atoms with Gasteiger partial charge in [0.2, 0.25) is 0 Å². The molecule has 312 valence electrons. The molecular weight excluding hydrogens is 793 g/mol. The lowest BCUT2D eigenvalue weighted by molar-refractivity contribution is -0.598. The number of nitrogens with zero attached hydrogens (tertiary/aromatic N) is 4. The molecule has 0 aliphatic carbocycles. The zero-order valence-corrected chi connectivity index (χ0v) is 36.3. The van der Waals surface area contributed by atoms with Gasteiger partial charge in [-0.05, 0) is 111 Å². The standard InChI is InChI=1S/C60H46N4O/c1-60(2,48-23-13-6-14-24-48)41-43-33-34-61-58(37-43)64-56-32-29-47(44-17-7-3-8-18-44)38-55(56)54-31-30-51(40-57(54)64)65-50-26-15-25-49(39-50)62-35-36-63(42-62)59-52(45-19-9-4-10-20-45)27-16-28-53(59)46-21-11-5-12-22-46/h3-40H,41H2,1-2H3. The predicted molar refractivity (Wildman–Crippen MR) is 264 cm³/mol. The molecule has 0 aliphatic rings. The number of ether oxygens (including phenoxy) is 1. The lowest BCUT2D eigenvalue weighted by atomic mass is 9.79. The summed E-state index contributed by atoms with van der Waals surface area (Å²) in [4.78, 5) is 5.01. The van der Waals surface area contributed by atoms with E-state index in [1.165, 1.54) is 22.3 Å². The number of imidazole rings is 1. The van der Waals surface area contributed by atoms with Gasteiger partial charge in [0.15, 0.2) is 0 Å². The van der Waals surface area contributed by atoms with E-state index in [9.17, 15) is 0 Å². The summed E-state index contributed by atoms with van der Waals surface area (Å²) in [6, 6.07) is 74.6. The van der Waals surface area contributed by atoms with Crippen LogP contribution in [0.3, 0.4) is 0 Å². The Labute approximate surface area is 379 Å². The Hall–Kier alpha value is -8.28. The largest absolute Gasteiger partial charge is 0.458 e. The van der Waals surface area contributed by atoms with Gasteiger partial charge in [-0.1, -0.05) is 166 Å². The van der Waals surface area contributed by atoms with Gasteiger partial charge in [-0.15, -0.1) is 0 Å². The number of hydrogen-bond donors (Lipinski definition) is 0. The summed E-state index contributed by atoms with van der Waals surface area (Å²) in [5.74, 6) is 2.33. The SMILES string of the molecule is CC(C)(Cc1ccnc(-n2c3ccc(-c4ccccc4)cc3c3ccc(Oc4cccc(-n5[c-][n+](-c6c(-c7ccccc7)cccc6-c6ccccc6)cc5)c4)cc32)c1)c1ccccc1. The van der Waals surface area contributed by atoms with Crippen molar-refractivity contribution in [2.24, 2.45) is 0 Å². The smallest absolute Gasteiger partial charge is 0.268 e. The summed E-state index contributed by atoms with van der Waals surface area (Å²) >= 11 is 0. The van der Waals surface area contributed by atoms with Gasteiger partial charge in [0, 0.05) is 35.4 Å². The van der Waals surface area contributed by atoms with Gasteiger partial charge >= 0.3 is 0 Å². The third-order valence-corrected chi connectivity index (χ3v) is 12.4. The highest BCUT2D eigenvalue weighted by molar-refractivity contribution is 6.10. The molecule has 0 fully saturated rings. The second-order valence-electron chi connectivity index (χ2n) is 17.2. The Morgan fingerprint density at radius 2 is 1.18 bits per heavy atom. The third-order valence-electron chi connectivity index (χ3n) is 12.4. The maximum Gasteiger partial charge on any atom is 0.268 e. The van der Waals surface area contributed by atoms with E-state index in [2.05, 4.69) is 236 Å². The summed E-state index contributed by atoms with van der Waals surface area (Å²) < 4.78 is 13.1. The summed E-state index contributed by atoms with van der Waals surface area (Å²) in [5.41, 5.74) is 13.5. The molecule has 0 N–H and O–H groups in total. The number of aromatic nitrogens is 4. The monoisotopic (exact) mass is 838 g/mol. The molecule has 65 heavy (non-hydrogen) atoms. The van der Waals surface area contributed by atoms with E-state index in [1.807, 2.05) is 29.1 Å². The first kappa shape index (κ1) is 39.6. The zero-order chi connectivity index (χ0) is 43.7. The van der Waals surface area contributed by atoms with Crippen LogP contribution in [0.2, 0.25) is 0 Å². The van der Waals surface area contributed by atoms with Crippen molar-refractivity contribution in [3.05, 3.63) is 248 Å². The molecule has 5 heteroatoms. The van der Waals surface area contributed by atoms with Crippen LogP contribution in [-0.4, -0.2) is 14.1 Å². The van der Waals surface area contributed by atoms with Crippen LogP contribution in [0.5, 0.6) is 11.5 Å². The number of fused-ring (bicyclic) bond motifs is 3. The molecule has 0 amide bonds. The predicted octanol–water partition coefficient (Wildman–Crippen LogP) is 14.4. The van der Waals surface area contributed by atoms with E-state index in [1.54, 1.807) is 0 Å². The van der Waals surface area contributed by atoms with Crippen LogP contribution < -0.4 is 9.30 Å². The van der Waals surface area contributed by atoms with E-state index in [4.69, 9.17) is 9.72 Å². The Balaban J connectivity index is 0.963. The first-order valence-corrected chi connectivity index (χ1v) is 22.1. The van der Waals surface area contributed by atoms with E-state index < -0.39 is 0 Å². The quantitative estimate of drug-likeness (QED) is 0.0961. The molecule has 0 bridgehead atoms. The molecule has 0 aliphatic heterocycles. The highest BCUT2D eigenvalue weighted by atomic mass is 16.5. The molecule has 0 saturated heterocycles. The van der Waals surface area contributed by atoms with E-state index in [0.29, 0.717) is 0 Å². The van der Waals surface area contributed by atoms with Crippen molar-refractivity contribution in [1.29, 1.82) is 0 Å². The maximum atomic E-state index is 6.74. The van der Waals surface area contributed by atoms with Crippen molar-refractivity contribution >= 4 is 21.8 Å². The summed E-state index contributed by atoms with van der Waals surface area (Å²) in [6.07, 6.45) is 10.6. The molecule has 0 unspecified atom stereocenters. The second-order valence-corrected chi connectivity index (χ2v) is 17.2. The average Bonchev–Trinajstić information content (AvgIpc) is 3.98. The van der Waals surface area contributed by atoms with Gasteiger partial charge in [0.1, 0.15) is 17.3 Å². The minimum Gasteiger partial charge on any atom is -0.458 e. The number of pyridine rings is 1. The van der Waals surface area contributed by atoms with Gasteiger partial charge in [0.05, 0.1) is 22.4 Å². The van der Waals surface area contributed by atoms with Crippen molar-refractivity contribution in [1.82, 2.24) is 14.1 Å². The lowest BCUT2D eigenvalue weighted by Crippen LogP contribution is -2.30. The Kier molecular flexibility index (Phi) is 10.2. The maximum absolute atomic E-state index is 6.74. The molecular formula is C60H46N4O. The lowest BCUT2D eigenvalue weighted by Gasteiger charge is -2.25. The molecule has 0 radical (unpaired) electrons. The highest BCUT2D eigenvalue weighted by Gasteiger charge is 2.23. The van der Waals surface area contributed by atoms with Gasteiger partial charge in [-0.3, -0.25) is 13.7 Å². The molecule has 0 spiro atoms. The number of benzene rings is 8. The van der Waals surface area contributed by atoms with Crippen molar-refractivity contribution in [3.63, 3.8) is 0 Å². The minimum atomic E-state index is -0.0583. The zero-order valence-electron chi connectivity index (χ0n) is 36.3. The first-order valence-electron chi connectivity index (χ1n) is 22.1. The van der Waals surface area contributed by atoms with Gasteiger partial charge < -0.3 is 4.74 Å². The van der Waals surface area contributed by atoms with E-state index in [-0.39, 0.29) is 5.41 Å². The Morgan fingerprint density at radius 3 is 1.89 bits per heavy atom. The molecule has 0 saturated carbocycles. The fourth-order valence-electron chi connectivity index (χ4n) is 9.24. The third kappa shape index (κ3) is 7.78. The Morgan fingerprint density at radius 1 is 0.538 bits per heavy atom. The van der Waals surface area contributed by atoms with E-state index in [0.717, 1.165) is 79.2 Å². The van der Waals surface area contributed by atoms with Crippen molar-refractivity contribution in [2.45, 2.75) is 25.7 Å². The summed E-state index contributed by atoms with van der Waals surface area (Å²) in [6.45, 7) is 4.62. The van der Waals surface area contributed by atoms with Crippen molar-refractivity contribution in [2.75, 3.05) is 0 Å². The summed E-state index contributed by atoms with van der Waals surface area (Å²) in [5, 5.41) is 2.29. The summed E-state index contributed by atoms with van der Waals surface area (Å²) in [7, 11) is 0. The Bertz CT molecular complexity index is 3390. The van der Waals surface area contributed by atoms with E-state index >= 15 is 0 Å². The molecule has 11 rings (SSSR count). The number of rotatable bonds is 11. The van der Waals surface area contributed by atoms with Crippen LogP contribution >= 0.6 is 0 Å². The van der Waals surface area contributed by atoms with Crippen LogP contribution in [0.15, 0.2) is 231 Å². The molecule has 0 atom stereocenters. The van der Waals surface area contributed by atoms with Crippen LogP contribution in [0.4, 0.5) is 0 Å². The van der Waals surface area contributed by atoms with Crippen LogP contribution in [0.25, 0.3) is 72.4 Å². The topological polar surface area (TPSA) is 35.9 Å². The molecule has 3 aromatic heterocycles.